The van der Waals surface area contributed by atoms with Crippen LogP contribution in [-0.2, 0) is 6.54 Å². The summed E-state index contributed by atoms with van der Waals surface area (Å²) in [6, 6.07) is 11.8. The summed E-state index contributed by atoms with van der Waals surface area (Å²) in [5.74, 6) is 1.30. The van der Waals surface area contributed by atoms with Crippen LogP contribution in [0.3, 0.4) is 0 Å². The number of likely N-dealkylation sites (tertiary alicyclic amines) is 1. The Morgan fingerprint density at radius 1 is 1.17 bits per heavy atom. The fourth-order valence-corrected chi connectivity index (χ4v) is 4.00. The number of aliphatic hydroxyl groups is 1. The Morgan fingerprint density at radius 3 is 2.57 bits per heavy atom. The first-order valence-electron chi connectivity index (χ1n) is 9.36. The first-order chi connectivity index (χ1) is 11.2. The van der Waals surface area contributed by atoms with Crippen molar-refractivity contribution in [2.75, 3.05) is 13.1 Å². The maximum absolute atomic E-state index is 10.4. The van der Waals surface area contributed by atoms with Crippen LogP contribution < -0.4 is 5.32 Å². The third kappa shape index (κ3) is 4.56. The molecule has 4 unspecified atom stereocenters. The van der Waals surface area contributed by atoms with Gasteiger partial charge in [-0.05, 0) is 50.0 Å². The van der Waals surface area contributed by atoms with Crippen LogP contribution in [0.25, 0.3) is 0 Å². The largest absolute Gasteiger partial charge is 0.393 e. The van der Waals surface area contributed by atoms with Crippen LogP contribution >= 0.6 is 0 Å². The molecule has 1 aliphatic carbocycles. The number of nitrogens with zero attached hydrogens (tertiary/aromatic N) is 1. The van der Waals surface area contributed by atoms with Crippen LogP contribution in [0.1, 0.15) is 45.1 Å². The Bertz CT molecular complexity index is 474. The molecule has 1 saturated heterocycles. The van der Waals surface area contributed by atoms with Gasteiger partial charge < -0.3 is 10.4 Å². The van der Waals surface area contributed by atoms with Crippen LogP contribution in [0.5, 0.6) is 0 Å². The molecule has 0 radical (unpaired) electrons. The van der Waals surface area contributed by atoms with Crippen LogP contribution in [-0.4, -0.2) is 41.3 Å². The number of piperidine rings is 1. The molecule has 2 aliphatic rings. The predicted molar refractivity (Wildman–Crippen MR) is 95.2 cm³/mol. The van der Waals surface area contributed by atoms with E-state index in [1.165, 1.54) is 18.4 Å². The van der Waals surface area contributed by atoms with Crippen LogP contribution in [0, 0.1) is 11.8 Å². The molecule has 0 bridgehead atoms. The van der Waals surface area contributed by atoms with Crippen molar-refractivity contribution in [1.82, 2.24) is 10.2 Å². The zero-order valence-electron chi connectivity index (χ0n) is 14.6. The zero-order chi connectivity index (χ0) is 16.2. The molecule has 0 amide bonds. The van der Waals surface area contributed by atoms with E-state index in [-0.39, 0.29) is 6.10 Å². The van der Waals surface area contributed by atoms with E-state index in [1.807, 2.05) is 0 Å². The second-order valence-corrected chi connectivity index (χ2v) is 7.57. The van der Waals surface area contributed by atoms with E-state index in [1.54, 1.807) is 0 Å². The number of hydrogen-bond donors (Lipinski definition) is 2. The molecule has 0 spiro atoms. The van der Waals surface area contributed by atoms with Gasteiger partial charge in [0.1, 0.15) is 0 Å². The summed E-state index contributed by atoms with van der Waals surface area (Å²) in [5.41, 5.74) is 1.34. The highest BCUT2D eigenvalue weighted by atomic mass is 16.3. The summed E-state index contributed by atoms with van der Waals surface area (Å²) < 4.78 is 0. The van der Waals surface area contributed by atoms with E-state index >= 15 is 0 Å². The quantitative estimate of drug-likeness (QED) is 0.811. The minimum Gasteiger partial charge on any atom is -0.393 e. The molecular weight excluding hydrogens is 284 g/mol. The van der Waals surface area contributed by atoms with Gasteiger partial charge in [0.05, 0.1) is 6.10 Å². The number of benzene rings is 1. The smallest absolute Gasteiger partial charge is 0.0578 e. The zero-order valence-corrected chi connectivity index (χ0v) is 14.6. The summed E-state index contributed by atoms with van der Waals surface area (Å²) in [6.45, 7) is 7.59. The normalized spacial score (nSPS) is 28.5. The number of rotatable bonds is 7. The molecule has 3 rings (SSSR count). The van der Waals surface area contributed by atoms with E-state index in [2.05, 4.69) is 54.4 Å². The molecule has 1 heterocycles. The van der Waals surface area contributed by atoms with Crippen LogP contribution in [0.4, 0.5) is 0 Å². The van der Waals surface area contributed by atoms with Crippen LogP contribution in [0.2, 0.25) is 0 Å². The predicted octanol–water partition coefficient (Wildman–Crippen LogP) is 3.04. The van der Waals surface area contributed by atoms with Gasteiger partial charge in [-0.25, -0.2) is 0 Å². The third-order valence-electron chi connectivity index (χ3n) is 5.79. The molecule has 23 heavy (non-hydrogen) atoms. The lowest BCUT2D eigenvalue weighted by atomic mass is 9.87. The number of hydrogen-bond acceptors (Lipinski definition) is 3. The van der Waals surface area contributed by atoms with Crippen molar-refractivity contribution in [1.29, 1.82) is 0 Å². The topological polar surface area (TPSA) is 35.5 Å². The van der Waals surface area contributed by atoms with E-state index in [0.29, 0.717) is 18.0 Å². The Balaban J connectivity index is 1.60. The molecule has 4 atom stereocenters. The van der Waals surface area contributed by atoms with E-state index in [9.17, 15) is 5.11 Å². The van der Waals surface area contributed by atoms with Gasteiger partial charge >= 0.3 is 0 Å². The maximum Gasteiger partial charge on any atom is 0.0578 e. The van der Waals surface area contributed by atoms with Gasteiger partial charge in [-0.15, -0.1) is 0 Å². The van der Waals surface area contributed by atoms with Gasteiger partial charge in [-0.2, -0.15) is 0 Å². The van der Waals surface area contributed by atoms with Crippen molar-refractivity contribution < 1.29 is 5.11 Å². The van der Waals surface area contributed by atoms with Gasteiger partial charge in [0.25, 0.3) is 0 Å². The molecule has 1 aromatic carbocycles. The first kappa shape index (κ1) is 16.9. The monoisotopic (exact) mass is 316 g/mol. The molecule has 2 fully saturated rings. The Hall–Kier alpha value is -0.900. The molecule has 1 aromatic rings. The Labute approximate surface area is 141 Å². The lowest BCUT2D eigenvalue weighted by molar-refractivity contribution is 0.0178. The second kappa shape index (κ2) is 7.78. The molecule has 1 saturated carbocycles. The Morgan fingerprint density at radius 2 is 1.91 bits per heavy atom. The summed E-state index contributed by atoms with van der Waals surface area (Å²) >= 11 is 0. The fourth-order valence-electron chi connectivity index (χ4n) is 4.00. The van der Waals surface area contributed by atoms with Crippen molar-refractivity contribution in [2.45, 2.75) is 64.3 Å². The maximum atomic E-state index is 10.4. The van der Waals surface area contributed by atoms with E-state index in [4.69, 9.17) is 0 Å². The summed E-state index contributed by atoms with van der Waals surface area (Å²) in [5, 5.41) is 14.1. The van der Waals surface area contributed by atoms with Gasteiger partial charge in [0.15, 0.2) is 0 Å². The van der Waals surface area contributed by atoms with Crippen molar-refractivity contribution in [3.05, 3.63) is 35.9 Å². The summed E-state index contributed by atoms with van der Waals surface area (Å²) in [7, 11) is 0. The van der Waals surface area contributed by atoms with Crippen molar-refractivity contribution in [2.24, 2.45) is 11.8 Å². The molecule has 0 aromatic heterocycles. The van der Waals surface area contributed by atoms with Crippen molar-refractivity contribution >= 4 is 0 Å². The van der Waals surface area contributed by atoms with E-state index in [0.717, 1.165) is 38.4 Å². The first-order valence-corrected chi connectivity index (χ1v) is 9.36. The van der Waals surface area contributed by atoms with Crippen LogP contribution in [0.15, 0.2) is 30.3 Å². The molecular formula is C20H32N2O. The summed E-state index contributed by atoms with van der Waals surface area (Å²) in [4.78, 5) is 2.63. The molecule has 1 aliphatic heterocycles. The number of aliphatic hydroxyl groups excluding tert-OH is 1. The van der Waals surface area contributed by atoms with Gasteiger partial charge in [-0.3, -0.25) is 4.90 Å². The minimum absolute atomic E-state index is 0.162. The van der Waals surface area contributed by atoms with Crippen molar-refractivity contribution in [3.63, 3.8) is 0 Å². The van der Waals surface area contributed by atoms with Gasteiger partial charge in [0.2, 0.25) is 0 Å². The van der Waals surface area contributed by atoms with Gasteiger partial charge in [-0.1, -0.05) is 37.3 Å². The lowest BCUT2D eigenvalue weighted by Crippen LogP contribution is -2.54. The molecule has 128 valence electrons. The molecule has 3 heteroatoms. The minimum atomic E-state index is -0.162. The SMILES string of the molecule is CCC(O)C1CC(NCc2ccccc2)CN(C(C)C2CC2)C1. The van der Waals surface area contributed by atoms with Gasteiger partial charge in [0, 0.05) is 31.7 Å². The third-order valence-corrected chi connectivity index (χ3v) is 5.79. The summed E-state index contributed by atoms with van der Waals surface area (Å²) in [6.07, 6.45) is 4.57. The van der Waals surface area contributed by atoms with E-state index < -0.39 is 0 Å². The highest BCUT2D eigenvalue weighted by Gasteiger charge is 2.38. The number of nitrogens with one attached hydrogen (secondary N) is 1. The average molecular weight is 316 g/mol. The highest BCUT2D eigenvalue weighted by Crippen LogP contribution is 2.37. The molecule has 3 nitrogen and oxygen atoms in total. The Kier molecular flexibility index (Phi) is 5.73. The fraction of sp³-hybridized carbons (Fsp3) is 0.700. The second-order valence-electron chi connectivity index (χ2n) is 7.57. The molecule has 2 N–H and O–H groups in total. The van der Waals surface area contributed by atoms with Crippen molar-refractivity contribution in [3.8, 4) is 0 Å². The highest BCUT2D eigenvalue weighted by molar-refractivity contribution is 5.14. The lowest BCUT2D eigenvalue weighted by Gasteiger charge is -2.43. The average Bonchev–Trinajstić information content (AvgIpc) is 3.44. The standard InChI is InChI=1S/C20H32N2O/c1-3-20(23)18-11-19(21-12-16-7-5-4-6-8-16)14-22(13-18)15(2)17-9-10-17/h4-8,15,17-21,23H,3,9-14H2,1-2H3.